The number of aliphatic imine (C=N–C) groups is 1. The molecule has 1 aromatic carbocycles. The summed E-state index contributed by atoms with van der Waals surface area (Å²) in [6.45, 7) is 6.75. The molecule has 21 heavy (non-hydrogen) atoms. The minimum atomic E-state index is 0.537. The standard InChI is InChI=1S/C15H24Cl2N4/c1-11(2)21(4)8-7-19-15(18-3)20-10-12-5-6-13(16)9-14(12)17/h5-6,9,11H,7-8,10H2,1-4H3,(H2,18,19,20). The molecule has 0 saturated heterocycles. The van der Waals surface area contributed by atoms with E-state index in [1.165, 1.54) is 0 Å². The molecule has 1 rings (SSSR count). The van der Waals surface area contributed by atoms with Gasteiger partial charge in [0.1, 0.15) is 0 Å². The molecular formula is C15H24Cl2N4. The van der Waals surface area contributed by atoms with Gasteiger partial charge in [0.15, 0.2) is 5.96 Å². The van der Waals surface area contributed by atoms with Crippen molar-refractivity contribution in [1.82, 2.24) is 15.5 Å². The summed E-state index contributed by atoms with van der Waals surface area (Å²) in [6, 6.07) is 6.03. The summed E-state index contributed by atoms with van der Waals surface area (Å²) >= 11 is 12.0. The first-order chi connectivity index (χ1) is 9.93. The third-order valence-corrected chi connectivity index (χ3v) is 3.91. The average molecular weight is 331 g/mol. The summed E-state index contributed by atoms with van der Waals surface area (Å²) < 4.78 is 0. The lowest BCUT2D eigenvalue weighted by Crippen LogP contribution is -2.41. The molecule has 0 unspecified atom stereocenters. The van der Waals surface area contributed by atoms with Crippen LogP contribution in [0.3, 0.4) is 0 Å². The van der Waals surface area contributed by atoms with Crippen LogP contribution in [0.25, 0.3) is 0 Å². The average Bonchev–Trinajstić information content (AvgIpc) is 2.43. The van der Waals surface area contributed by atoms with Gasteiger partial charge in [0.25, 0.3) is 0 Å². The van der Waals surface area contributed by atoms with Crippen molar-refractivity contribution in [3.63, 3.8) is 0 Å². The summed E-state index contributed by atoms with van der Waals surface area (Å²) in [5.41, 5.74) is 0.989. The normalized spacial score (nSPS) is 12.1. The molecule has 0 aliphatic carbocycles. The van der Waals surface area contributed by atoms with E-state index in [1.807, 2.05) is 12.1 Å². The van der Waals surface area contributed by atoms with E-state index < -0.39 is 0 Å². The number of hydrogen-bond acceptors (Lipinski definition) is 2. The number of guanidine groups is 1. The minimum Gasteiger partial charge on any atom is -0.355 e. The molecule has 0 spiro atoms. The number of hydrogen-bond donors (Lipinski definition) is 2. The van der Waals surface area contributed by atoms with Gasteiger partial charge in [-0.15, -0.1) is 0 Å². The zero-order valence-electron chi connectivity index (χ0n) is 13.1. The van der Waals surface area contributed by atoms with Gasteiger partial charge in [-0.25, -0.2) is 0 Å². The fourth-order valence-electron chi connectivity index (χ4n) is 1.67. The summed E-state index contributed by atoms with van der Waals surface area (Å²) in [6.07, 6.45) is 0. The molecule has 0 aliphatic rings. The van der Waals surface area contributed by atoms with E-state index in [2.05, 4.69) is 41.4 Å². The Morgan fingerprint density at radius 2 is 2.00 bits per heavy atom. The maximum absolute atomic E-state index is 6.15. The second kappa shape index (κ2) is 9.13. The van der Waals surface area contributed by atoms with Gasteiger partial charge in [0.2, 0.25) is 0 Å². The van der Waals surface area contributed by atoms with Gasteiger partial charge in [-0.3, -0.25) is 4.99 Å². The van der Waals surface area contributed by atoms with E-state index in [4.69, 9.17) is 23.2 Å². The fourth-order valence-corrected chi connectivity index (χ4v) is 2.15. The highest BCUT2D eigenvalue weighted by molar-refractivity contribution is 6.35. The van der Waals surface area contributed by atoms with Gasteiger partial charge in [-0.05, 0) is 38.6 Å². The van der Waals surface area contributed by atoms with Crippen LogP contribution in [0.15, 0.2) is 23.2 Å². The molecule has 118 valence electrons. The first kappa shape index (κ1) is 18.1. The molecule has 4 nitrogen and oxygen atoms in total. The Labute approximate surface area is 137 Å². The highest BCUT2D eigenvalue weighted by atomic mass is 35.5. The Morgan fingerprint density at radius 1 is 1.29 bits per heavy atom. The second-order valence-electron chi connectivity index (χ2n) is 5.16. The molecular weight excluding hydrogens is 307 g/mol. The summed E-state index contributed by atoms with van der Waals surface area (Å²) in [4.78, 5) is 6.47. The topological polar surface area (TPSA) is 39.7 Å². The van der Waals surface area contributed by atoms with Crippen LogP contribution in [0.5, 0.6) is 0 Å². The molecule has 6 heteroatoms. The van der Waals surface area contributed by atoms with Crippen molar-refractivity contribution in [2.24, 2.45) is 4.99 Å². The zero-order valence-corrected chi connectivity index (χ0v) is 14.6. The van der Waals surface area contributed by atoms with E-state index in [0.29, 0.717) is 22.6 Å². The Bertz CT molecular complexity index is 475. The molecule has 1 aromatic rings. The third-order valence-electron chi connectivity index (χ3n) is 3.32. The number of rotatable bonds is 6. The largest absolute Gasteiger partial charge is 0.355 e. The van der Waals surface area contributed by atoms with Gasteiger partial charge < -0.3 is 15.5 Å². The molecule has 0 fully saturated rings. The second-order valence-corrected chi connectivity index (χ2v) is 6.01. The molecule has 2 N–H and O–H groups in total. The lowest BCUT2D eigenvalue weighted by Gasteiger charge is -2.21. The van der Waals surface area contributed by atoms with Crippen molar-refractivity contribution in [3.05, 3.63) is 33.8 Å². The van der Waals surface area contributed by atoms with Gasteiger partial charge in [-0.2, -0.15) is 0 Å². The van der Waals surface area contributed by atoms with Crippen molar-refractivity contribution in [2.75, 3.05) is 27.2 Å². The van der Waals surface area contributed by atoms with E-state index in [9.17, 15) is 0 Å². The van der Waals surface area contributed by atoms with Crippen LogP contribution in [0.1, 0.15) is 19.4 Å². The Hall–Kier alpha value is -0.970. The first-order valence-electron chi connectivity index (χ1n) is 7.02. The summed E-state index contributed by atoms with van der Waals surface area (Å²) in [7, 11) is 3.86. The van der Waals surface area contributed by atoms with Crippen molar-refractivity contribution in [2.45, 2.75) is 26.4 Å². The van der Waals surface area contributed by atoms with E-state index >= 15 is 0 Å². The van der Waals surface area contributed by atoms with Crippen LogP contribution in [-0.2, 0) is 6.54 Å². The van der Waals surface area contributed by atoms with Crippen LogP contribution in [0, 0.1) is 0 Å². The maximum atomic E-state index is 6.15. The van der Waals surface area contributed by atoms with Crippen molar-refractivity contribution >= 4 is 29.2 Å². The highest BCUT2D eigenvalue weighted by Gasteiger charge is 2.05. The predicted molar refractivity (Wildman–Crippen MR) is 92.4 cm³/mol. The molecule has 0 saturated carbocycles. The van der Waals surface area contributed by atoms with Crippen molar-refractivity contribution < 1.29 is 0 Å². The molecule has 0 amide bonds. The number of benzene rings is 1. The molecule has 0 bridgehead atoms. The monoisotopic (exact) mass is 330 g/mol. The van der Waals surface area contributed by atoms with Crippen LogP contribution >= 0.6 is 23.2 Å². The van der Waals surface area contributed by atoms with Gasteiger partial charge >= 0.3 is 0 Å². The number of halogens is 2. The van der Waals surface area contributed by atoms with Crippen molar-refractivity contribution in [3.8, 4) is 0 Å². The van der Waals surface area contributed by atoms with Gasteiger partial charge in [0.05, 0.1) is 0 Å². The number of likely N-dealkylation sites (N-methyl/N-ethyl adjacent to an activating group) is 1. The van der Waals surface area contributed by atoms with E-state index in [1.54, 1.807) is 13.1 Å². The molecule has 0 heterocycles. The van der Waals surface area contributed by atoms with Gasteiger partial charge in [-0.1, -0.05) is 29.3 Å². The lowest BCUT2D eigenvalue weighted by molar-refractivity contribution is 0.278. The minimum absolute atomic E-state index is 0.537. The first-order valence-corrected chi connectivity index (χ1v) is 7.78. The van der Waals surface area contributed by atoms with Crippen LogP contribution in [0.4, 0.5) is 0 Å². The van der Waals surface area contributed by atoms with E-state index in [-0.39, 0.29) is 0 Å². The Morgan fingerprint density at radius 3 is 2.57 bits per heavy atom. The lowest BCUT2D eigenvalue weighted by atomic mass is 10.2. The fraction of sp³-hybridized carbons (Fsp3) is 0.533. The Kier molecular flexibility index (Phi) is 7.86. The zero-order chi connectivity index (χ0) is 15.8. The smallest absolute Gasteiger partial charge is 0.191 e. The SMILES string of the molecule is CN=C(NCCN(C)C(C)C)NCc1ccc(Cl)cc1Cl. The molecule has 0 aromatic heterocycles. The van der Waals surface area contributed by atoms with Crippen LogP contribution in [-0.4, -0.2) is 44.1 Å². The molecule has 0 aliphatic heterocycles. The quantitative estimate of drug-likeness (QED) is 0.622. The van der Waals surface area contributed by atoms with Crippen LogP contribution < -0.4 is 10.6 Å². The predicted octanol–water partition coefficient (Wildman–Crippen LogP) is 3.00. The van der Waals surface area contributed by atoms with E-state index in [0.717, 1.165) is 24.6 Å². The van der Waals surface area contributed by atoms with Crippen molar-refractivity contribution in [1.29, 1.82) is 0 Å². The summed E-state index contributed by atoms with van der Waals surface area (Å²) in [5, 5.41) is 7.83. The maximum Gasteiger partial charge on any atom is 0.191 e. The van der Waals surface area contributed by atoms with Crippen LogP contribution in [0.2, 0.25) is 10.0 Å². The molecule has 0 atom stereocenters. The number of nitrogens with one attached hydrogen (secondary N) is 2. The number of nitrogens with zero attached hydrogens (tertiary/aromatic N) is 2. The third kappa shape index (κ3) is 6.55. The molecule has 0 radical (unpaired) electrons. The Balaban J connectivity index is 2.41. The summed E-state index contributed by atoms with van der Waals surface area (Å²) in [5.74, 6) is 0.762. The van der Waals surface area contributed by atoms with Gasteiger partial charge in [0, 0.05) is 42.8 Å². The highest BCUT2D eigenvalue weighted by Crippen LogP contribution is 2.20.